The molecule has 3 aliphatic rings. The van der Waals surface area contributed by atoms with Crippen LogP contribution < -0.4 is 15.4 Å². The van der Waals surface area contributed by atoms with Crippen LogP contribution in [0.3, 0.4) is 0 Å². The number of hydrogen-bond acceptors (Lipinski definition) is 5. The molecule has 0 unspecified atom stereocenters. The lowest BCUT2D eigenvalue weighted by Gasteiger charge is -2.37. The van der Waals surface area contributed by atoms with Gasteiger partial charge in [0.1, 0.15) is 23.5 Å². The number of fused-ring (bicyclic) bond motifs is 1. The quantitative estimate of drug-likeness (QED) is 0.589. The second-order valence-electron chi connectivity index (χ2n) is 10.2. The van der Waals surface area contributed by atoms with Gasteiger partial charge >= 0.3 is 0 Å². The summed E-state index contributed by atoms with van der Waals surface area (Å²) in [6.07, 6.45) is 5.53. The van der Waals surface area contributed by atoms with E-state index in [1.807, 2.05) is 18.2 Å². The van der Waals surface area contributed by atoms with Gasteiger partial charge in [-0.05, 0) is 62.1 Å². The molecule has 3 atom stereocenters. The highest BCUT2D eigenvalue weighted by atomic mass is 16.5. The molecule has 5 rings (SSSR count). The van der Waals surface area contributed by atoms with E-state index in [9.17, 15) is 19.6 Å². The molecule has 2 aromatic rings. The van der Waals surface area contributed by atoms with Gasteiger partial charge < -0.3 is 25.3 Å². The number of amides is 3. The standard InChI is InChI=1S/C26H31N5O4/c1-35-22-7-2-6-19-18(22)12-20(30-19)25(34)31-15-26(8-4-9-26)13-21(31)24(33)29-17(14-27)11-16-5-3-10-28-23(16)32/h2,6-7,12,16-17,21,30H,3-5,8-11,13,15H2,1H3,(H,28,32)(H,29,33)/t16-,17-,21+/m0/s1. The third-order valence-corrected chi connectivity index (χ3v) is 7.95. The van der Waals surface area contributed by atoms with E-state index in [1.165, 1.54) is 0 Å². The number of piperidine rings is 1. The number of rotatable bonds is 6. The molecule has 1 aromatic heterocycles. The summed E-state index contributed by atoms with van der Waals surface area (Å²) in [4.78, 5) is 44.0. The summed E-state index contributed by atoms with van der Waals surface area (Å²) in [5, 5.41) is 16.2. The second-order valence-corrected chi connectivity index (χ2v) is 10.2. The average Bonchev–Trinajstić information content (AvgIpc) is 3.47. The minimum Gasteiger partial charge on any atom is -0.496 e. The molecule has 3 amide bonds. The maximum Gasteiger partial charge on any atom is 0.271 e. The Bertz CT molecular complexity index is 1190. The van der Waals surface area contributed by atoms with Gasteiger partial charge in [-0.3, -0.25) is 14.4 Å². The fourth-order valence-corrected chi connectivity index (χ4v) is 5.88. The van der Waals surface area contributed by atoms with Gasteiger partial charge in [0, 0.05) is 29.9 Å². The number of nitrogens with one attached hydrogen (secondary N) is 3. The Labute approximate surface area is 204 Å². The average molecular weight is 478 g/mol. The molecule has 1 spiro atoms. The van der Waals surface area contributed by atoms with Crippen LogP contribution in [0.2, 0.25) is 0 Å². The Balaban J connectivity index is 1.35. The maximum atomic E-state index is 13.6. The Kier molecular flexibility index (Phi) is 6.13. The number of nitriles is 1. The molecule has 35 heavy (non-hydrogen) atoms. The molecule has 3 heterocycles. The van der Waals surface area contributed by atoms with E-state index >= 15 is 0 Å². The van der Waals surface area contributed by atoms with Crippen molar-refractivity contribution in [1.29, 1.82) is 5.26 Å². The van der Waals surface area contributed by atoms with Crippen LogP contribution in [0.25, 0.3) is 10.9 Å². The summed E-state index contributed by atoms with van der Waals surface area (Å²) < 4.78 is 5.42. The number of carbonyl (C=O) groups excluding carboxylic acids is 3. The number of aromatic nitrogens is 1. The predicted octanol–water partition coefficient (Wildman–Crippen LogP) is 2.49. The smallest absolute Gasteiger partial charge is 0.271 e. The largest absolute Gasteiger partial charge is 0.496 e. The van der Waals surface area contributed by atoms with E-state index in [2.05, 4.69) is 21.7 Å². The molecule has 9 heteroatoms. The van der Waals surface area contributed by atoms with Crippen molar-refractivity contribution >= 4 is 28.6 Å². The van der Waals surface area contributed by atoms with Crippen LogP contribution in [0.5, 0.6) is 5.75 Å². The van der Waals surface area contributed by atoms with E-state index in [0.717, 1.165) is 36.6 Å². The molecule has 1 aromatic carbocycles. The van der Waals surface area contributed by atoms with Gasteiger partial charge in [-0.15, -0.1) is 0 Å². The predicted molar refractivity (Wildman–Crippen MR) is 128 cm³/mol. The molecular formula is C26H31N5O4. The second kappa shape index (κ2) is 9.25. The van der Waals surface area contributed by atoms with E-state index < -0.39 is 12.1 Å². The summed E-state index contributed by atoms with van der Waals surface area (Å²) in [6.45, 7) is 1.18. The van der Waals surface area contributed by atoms with E-state index in [1.54, 1.807) is 18.1 Å². The third-order valence-electron chi connectivity index (χ3n) is 7.95. The molecule has 2 saturated heterocycles. The molecule has 2 aliphatic heterocycles. The summed E-state index contributed by atoms with van der Waals surface area (Å²) in [7, 11) is 1.59. The first-order valence-electron chi connectivity index (χ1n) is 12.4. The normalized spacial score (nSPS) is 23.9. The van der Waals surface area contributed by atoms with Crippen LogP contribution in [-0.4, -0.2) is 59.9 Å². The van der Waals surface area contributed by atoms with Crippen molar-refractivity contribution in [2.75, 3.05) is 20.2 Å². The van der Waals surface area contributed by atoms with Crippen molar-refractivity contribution in [2.24, 2.45) is 11.3 Å². The lowest BCUT2D eigenvalue weighted by Crippen LogP contribution is -2.49. The molecule has 0 radical (unpaired) electrons. The van der Waals surface area contributed by atoms with Crippen molar-refractivity contribution in [2.45, 2.75) is 57.0 Å². The topological polar surface area (TPSA) is 127 Å². The molecule has 1 aliphatic carbocycles. The zero-order chi connectivity index (χ0) is 24.6. The van der Waals surface area contributed by atoms with Crippen LogP contribution in [0.4, 0.5) is 0 Å². The maximum absolute atomic E-state index is 13.6. The number of ether oxygens (including phenoxy) is 1. The van der Waals surface area contributed by atoms with Gasteiger partial charge in [-0.25, -0.2) is 0 Å². The molecule has 3 N–H and O–H groups in total. The number of aromatic amines is 1. The fourth-order valence-electron chi connectivity index (χ4n) is 5.88. The fraction of sp³-hybridized carbons (Fsp3) is 0.538. The van der Waals surface area contributed by atoms with Gasteiger partial charge in [0.25, 0.3) is 5.91 Å². The number of carbonyl (C=O) groups is 3. The van der Waals surface area contributed by atoms with Gasteiger partial charge in [-0.2, -0.15) is 5.26 Å². The summed E-state index contributed by atoms with van der Waals surface area (Å²) in [6, 6.07) is 8.08. The third kappa shape index (κ3) is 4.33. The number of nitrogens with zero attached hydrogens (tertiary/aromatic N) is 2. The van der Waals surface area contributed by atoms with E-state index in [-0.39, 0.29) is 35.5 Å². The molecule has 9 nitrogen and oxygen atoms in total. The van der Waals surface area contributed by atoms with Crippen molar-refractivity contribution < 1.29 is 19.1 Å². The van der Waals surface area contributed by atoms with Crippen LogP contribution in [0, 0.1) is 22.7 Å². The van der Waals surface area contributed by atoms with Crippen molar-refractivity contribution in [3.8, 4) is 11.8 Å². The highest BCUT2D eigenvalue weighted by molar-refractivity contribution is 6.02. The number of H-pyrrole nitrogens is 1. The van der Waals surface area contributed by atoms with E-state index in [0.29, 0.717) is 37.4 Å². The molecule has 3 fully saturated rings. The minimum absolute atomic E-state index is 0.0350. The monoisotopic (exact) mass is 477 g/mol. The van der Waals surface area contributed by atoms with Crippen molar-refractivity contribution in [3.63, 3.8) is 0 Å². The summed E-state index contributed by atoms with van der Waals surface area (Å²) in [5.74, 6) is -0.223. The molecule has 0 bridgehead atoms. The first-order valence-corrected chi connectivity index (χ1v) is 12.4. The summed E-state index contributed by atoms with van der Waals surface area (Å²) in [5.41, 5.74) is 1.17. The number of likely N-dealkylation sites (tertiary alicyclic amines) is 1. The van der Waals surface area contributed by atoms with Crippen LogP contribution >= 0.6 is 0 Å². The zero-order valence-corrected chi connectivity index (χ0v) is 19.9. The van der Waals surface area contributed by atoms with Crippen molar-refractivity contribution in [1.82, 2.24) is 20.5 Å². The van der Waals surface area contributed by atoms with Crippen LogP contribution in [0.1, 0.15) is 55.4 Å². The van der Waals surface area contributed by atoms with Crippen molar-refractivity contribution in [3.05, 3.63) is 30.0 Å². The zero-order valence-electron chi connectivity index (χ0n) is 19.9. The Morgan fingerprint density at radius 3 is 2.86 bits per heavy atom. The number of benzene rings is 1. The minimum atomic E-state index is -0.774. The first-order chi connectivity index (χ1) is 16.9. The highest BCUT2D eigenvalue weighted by Gasteiger charge is 2.52. The molecule has 184 valence electrons. The van der Waals surface area contributed by atoms with Gasteiger partial charge in [0.15, 0.2) is 0 Å². The highest BCUT2D eigenvalue weighted by Crippen LogP contribution is 2.50. The Morgan fingerprint density at radius 2 is 2.17 bits per heavy atom. The SMILES string of the molecule is COc1cccc2[nH]c(C(=O)N3CC4(CCC4)C[C@@H]3C(=O)N[C@H](C#N)C[C@@H]3CCCNC3=O)cc12. The van der Waals surface area contributed by atoms with Gasteiger partial charge in [0.2, 0.25) is 11.8 Å². The van der Waals surface area contributed by atoms with E-state index in [4.69, 9.17) is 4.74 Å². The lowest BCUT2D eigenvalue weighted by atomic mass is 9.67. The lowest BCUT2D eigenvalue weighted by molar-refractivity contribution is -0.128. The van der Waals surface area contributed by atoms with Gasteiger partial charge in [0.05, 0.1) is 13.2 Å². The Hall–Kier alpha value is -3.54. The number of methoxy groups -OCH3 is 1. The number of hydrogen-bond donors (Lipinski definition) is 3. The van der Waals surface area contributed by atoms with Gasteiger partial charge in [-0.1, -0.05) is 12.5 Å². The Morgan fingerprint density at radius 1 is 1.34 bits per heavy atom. The first kappa shape index (κ1) is 23.2. The van der Waals surface area contributed by atoms with Crippen LogP contribution in [0.15, 0.2) is 24.3 Å². The summed E-state index contributed by atoms with van der Waals surface area (Å²) >= 11 is 0. The molecule has 1 saturated carbocycles. The van der Waals surface area contributed by atoms with Crippen LogP contribution in [-0.2, 0) is 9.59 Å². The molecular weight excluding hydrogens is 446 g/mol.